The van der Waals surface area contributed by atoms with E-state index < -0.39 is 5.97 Å². The van der Waals surface area contributed by atoms with Crippen molar-refractivity contribution in [1.82, 2.24) is 4.90 Å². The van der Waals surface area contributed by atoms with Crippen LogP contribution in [0.25, 0.3) is 0 Å². The van der Waals surface area contributed by atoms with E-state index in [-0.39, 0.29) is 19.0 Å². The molecule has 110 valence electrons. The molecule has 0 fully saturated rings. The zero-order valence-electron chi connectivity index (χ0n) is 11.8. The molecule has 0 saturated heterocycles. The minimum absolute atomic E-state index is 0.0310. The average molecular weight is 280 g/mol. The van der Waals surface area contributed by atoms with Gasteiger partial charge < -0.3 is 15.2 Å². The highest BCUT2D eigenvalue weighted by atomic mass is 16.5. The topological polar surface area (TPSA) is 78.9 Å². The molecular weight excluding hydrogens is 260 g/mol. The molecule has 0 bridgehead atoms. The van der Waals surface area contributed by atoms with Crippen LogP contribution in [0.3, 0.4) is 0 Å². The first kappa shape index (κ1) is 16.0. The molecule has 1 aromatic rings. The summed E-state index contributed by atoms with van der Waals surface area (Å²) in [5.41, 5.74) is 0.589. The van der Waals surface area contributed by atoms with E-state index in [1.165, 1.54) is 0 Å². The van der Waals surface area contributed by atoms with Crippen LogP contribution < -0.4 is 10.1 Å². The van der Waals surface area contributed by atoms with Crippen LogP contribution in [0.2, 0.25) is 0 Å². The number of aliphatic carboxylic acids is 1. The summed E-state index contributed by atoms with van der Waals surface area (Å²) in [7, 11) is 0. The maximum absolute atomic E-state index is 11.9. The molecule has 6 heteroatoms. The van der Waals surface area contributed by atoms with E-state index in [1.54, 1.807) is 23.1 Å². The van der Waals surface area contributed by atoms with Gasteiger partial charge in [0.15, 0.2) is 0 Å². The highest BCUT2D eigenvalue weighted by Crippen LogP contribution is 2.23. The largest absolute Gasteiger partial charge is 0.492 e. The Morgan fingerprint density at radius 3 is 2.55 bits per heavy atom. The molecule has 6 nitrogen and oxygen atoms in total. The standard InChI is InChI=1S/C14H20N2O4/c1-3-16(10-14(18)19)9-13(17)15-11-7-5-6-8-12(11)20-4-2/h5-8H,3-4,9-10H2,1-2H3,(H,15,17)(H,18,19). The van der Waals surface area contributed by atoms with Gasteiger partial charge in [0.25, 0.3) is 0 Å². The Morgan fingerprint density at radius 2 is 1.95 bits per heavy atom. The van der Waals surface area contributed by atoms with Crippen molar-refractivity contribution in [3.63, 3.8) is 0 Å². The maximum Gasteiger partial charge on any atom is 0.317 e. The summed E-state index contributed by atoms with van der Waals surface area (Å²) in [6.07, 6.45) is 0. The van der Waals surface area contributed by atoms with Crippen molar-refractivity contribution in [3.05, 3.63) is 24.3 Å². The lowest BCUT2D eigenvalue weighted by molar-refractivity contribution is -0.138. The Bertz CT molecular complexity index is 462. The zero-order chi connectivity index (χ0) is 15.0. The average Bonchev–Trinajstić information content (AvgIpc) is 2.40. The third-order valence-electron chi connectivity index (χ3n) is 2.63. The van der Waals surface area contributed by atoms with Gasteiger partial charge in [-0.3, -0.25) is 14.5 Å². The minimum atomic E-state index is -0.950. The summed E-state index contributed by atoms with van der Waals surface area (Å²) in [4.78, 5) is 24.1. The molecule has 1 aromatic carbocycles. The van der Waals surface area contributed by atoms with Crippen LogP contribution in [-0.2, 0) is 9.59 Å². The van der Waals surface area contributed by atoms with E-state index in [1.807, 2.05) is 19.9 Å². The number of benzene rings is 1. The number of ether oxygens (including phenoxy) is 1. The van der Waals surface area contributed by atoms with Gasteiger partial charge in [-0.2, -0.15) is 0 Å². The van der Waals surface area contributed by atoms with E-state index in [0.29, 0.717) is 24.6 Å². The second-order valence-electron chi connectivity index (χ2n) is 4.17. The van der Waals surface area contributed by atoms with Gasteiger partial charge in [0.1, 0.15) is 5.75 Å². The molecule has 0 unspecified atom stereocenters. The Hall–Kier alpha value is -2.08. The fourth-order valence-electron chi connectivity index (χ4n) is 1.71. The summed E-state index contributed by atoms with van der Waals surface area (Å²) in [5.74, 6) is -0.612. The van der Waals surface area contributed by atoms with Gasteiger partial charge >= 0.3 is 5.97 Å². The summed E-state index contributed by atoms with van der Waals surface area (Å²) >= 11 is 0. The number of rotatable bonds is 8. The molecule has 0 aliphatic heterocycles. The molecule has 0 aliphatic carbocycles. The summed E-state index contributed by atoms with van der Waals surface area (Å²) < 4.78 is 5.41. The van der Waals surface area contributed by atoms with Crippen LogP contribution in [0.5, 0.6) is 5.75 Å². The van der Waals surface area contributed by atoms with Gasteiger partial charge in [0.05, 0.1) is 25.4 Å². The first-order valence-corrected chi connectivity index (χ1v) is 6.52. The van der Waals surface area contributed by atoms with E-state index in [0.717, 1.165) is 0 Å². The quantitative estimate of drug-likeness (QED) is 0.753. The van der Waals surface area contributed by atoms with Crippen molar-refractivity contribution < 1.29 is 19.4 Å². The second kappa shape index (κ2) is 8.16. The van der Waals surface area contributed by atoms with E-state index in [2.05, 4.69) is 5.32 Å². The predicted octanol–water partition coefficient (Wildman–Crippen LogP) is 1.43. The molecule has 0 atom stereocenters. The maximum atomic E-state index is 11.9. The number of anilines is 1. The van der Waals surface area contributed by atoms with Crippen LogP contribution in [0.1, 0.15) is 13.8 Å². The molecule has 20 heavy (non-hydrogen) atoms. The van der Waals surface area contributed by atoms with Crippen molar-refractivity contribution in [2.75, 3.05) is 31.6 Å². The molecule has 1 rings (SSSR count). The van der Waals surface area contributed by atoms with Crippen LogP contribution in [0.4, 0.5) is 5.69 Å². The van der Waals surface area contributed by atoms with Gasteiger partial charge in [-0.05, 0) is 25.6 Å². The number of para-hydroxylation sites is 2. The lowest BCUT2D eigenvalue weighted by atomic mass is 10.3. The number of carbonyl (C=O) groups is 2. The summed E-state index contributed by atoms with van der Waals surface area (Å²) in [6.45, 7) is 4.55. The second-order valence-corrected chi connectivity index (χ2v) is 4.17. The third-order valence-corrected chi connectivity index (χ3v) is 2.63. The lowest BCUT2D eigenvalue weighted by Gasteiger charge is -2.18. The minimum Gasteiger partial charge on any atom is -0.492 e. The lowest BCUT2D eigenvalue weighted by Crippen LogP contribution is -2.36. The number of carbonyl (C=O) groups excluding carboxylic acids is 1. The Balaban J connectivity index is 2.63. The van der Waals surface area contributed by atoms with Crippen LogP contribution in [-0.4, -0.2) is 48.1 Å². The molecule has 0 saturated carbocycles. The number of likely N-dealkylation sites (N-methyl/N-ethyl adjacent to an activating group) is 1. The molecule has 0 aromatic heterocycles. The molecule has 0 heterocycles. The predicted molar refractivity (Wildman–Crippen MR) is 76.0 cm³/mol. The number of hydrogen-bond donors (Lipinski definition) is 2. The molecule has 1 amide bonds. The number of amides is 1. The normalized spacial score (nSPS) is 10.3. The highest BCUT2D eigenvalue weighted by molar-refractivity contribution is 5.93. The number of nitrogens with zero attached hydrogens (tertiary/aromatic N) is 1. The van der Waals surface area contributed by atoms with Crippen molar-refractivity contribution in [2.45, 2.75) is 13.8 Å². The van der Waals surface area contributed by atoms with Gasteiger partial charge in [0, 0.05) is 0 Å². The van der Waals surface area contributed by atoms with E-state index in [9.17, 15) is 9.59 Å². The van der Waals surface area contributed by atoms with Crippen molar-refractivity contribution in [1.29, 1.82) is 0 Å². The monoisotopic (exact) mass is 280 g/mol. The van der Waals surface area contributed by atoms with Crippen molar-refractivity contribution in [2.24, 2.45) is 0 Å². The smallest absolute Gasteiger partial charge is 0.317 e. The SMILES string of the molecule is CCOc1ccccc1NC(=O)CN(CC)CC(=O)O. The number of nitrogens with one attached hydrogen (secondary N) is 1. The van der Waals surface area contributed by atoms with Gasteiger partial charge in [-0.1, -0.05) is 19.1 Å². The van der Waals surface area contributed by atoms with Gasteiger partial charge in [0.2, 0.25) is 5.91 Å². The van der Waals surface area contributed by atoms with Crippen LogP contribution >= 0.6 is 0 Å². The fourth-order valence-corrected chi connectivity index (χ4v) is 1.71. The third kappa shape index (κ3) is 5.27. The molecule has 0 radical (unpaired) electrons. The number of hydrogen-bond acceptors (Lipinski definition) is 4. The highest BCUT2D eigenvalue weighted by Gasteiger charge is 2.13. The van der Waals surface area contributed by atoms with Crippen molar-refractivity contribution >= 4 is 17.6 Å². The summed E-state index contributed by atoms with van der Waals surface area (Å²) in [5, 5.41) is 11.5. The van der Waals surface area contributed by atoms with Gasteiger partial charge in [-0.25, -0.2) is 0 Å². The first-order chi connectivity index (χ1) is 9.56. The van der Waals surface area contributed by atoms with Crippen LogP contribution in [0, 0.1) is 0 Å². The Labute approximate surface area is 118 Å². The number of carboxylic acid groups (broad SMARTS) is 1. The zero-order valence-corrected chi connectivity index (χ0v) is 11.8. The van der Waals surface area contributed by atoms with E-state index >= 15 is 0 Å². The molecular formula is C14H20N2O4. The molecule has 0 aliphatic rings. The van der Waals surface area contributed by atoms with E-state index in [4.69, 9.17) is 9.84 Å². The summed E-state index contributed by atoms with van der Waals surface area (Å²) in [6, 6.07) is 7.14. The van der Waals surface area contributed by atoms with Gasteiger partial charge in [-0.15, -0.1) is 0 Å². The number of carboxylic acids is 1. The molecule has 0 spiro atoms. The first-order valence-electron chi connectivity index (χ1n) is 6.52. The van der Waals surface area contributed by atoms with Crippen LogP contribution in [0.15, 0.2) is 24.3 Å². The Morgan fingerprint density at radius 1 is 1.25 bits per heavy atom. The molecule has 2 N–H and O–H groups in total. The van der Waals surface area contributed by atoms with Crippen molar-refractivity contribution in [3.8, 4) is 5.75 Å². The fraction of sp³-hybridized carbons (Fsp3) is 0.429. The Kier molecular flexibility index (Phi) is 6.52.